The Kier molecular flexibility index (Phi) is 3.99. The summed E-state index contributed by atoms with van der Waals surface area (Å²) >= 11 is 3.45. The fourth-order valence-corrected chi connectivity index (χ4v) is 3.82. The first-order chi connectivity index (χ1) is 8.40. The van der Waals surface area contributed by atoms with Crippen LogP contribution < -0.4 is 9.62 Å². The third-order valence-electron chi connectivity index (χ3n) is 3.07. The fraction of sp³-hybridized carbons (Fsp3) is 0.500. The number of anilines is 1. The van der Waals surface area contributed by atoms with Crippen LogP contribution in [-0.4, -0.2) is 33.3 Å². The lowest BCUT2D eigenvalue weighted by molar-refractivity contribution is 0.587. The van der Waals surface area contributed by atoms with Crippen molar-refractivity contribution in [3.05, 3.63) is 28.2 Å². The molecule has 4 nitrogen and oxygen atoms in total. The van der Waals surface area contributed by atoms with Crippen LogP contribution in [0, 0.1) is 6.92 Å². The van der Waals surface area contributed by atoms with Gasteiger partial charge >= 0.3 is 0 Å². The number of nitrogens with one attached hydrogen (secondary N) is 1. The number of rotatable bonds is 1. The first kappa shape index (κ1) is 13.8. The Balaban J connectivity index is 2.41. The molecule has 1 aliphatic rings. The zero-order valence-corrected chi connectivity index (χ0v) is 12.9. The molecule has 2 rings (SSSR count). The lowest BCUT2D eigenvalue weighted by atomic mass is 10.2. The molecule has 0 aromatic heterocycles. The molecule has 1 atom stereocenters. The minimum atomic E-state index is -3.23. The first-order valence-electron chi connectivity index (χ1n) is 5.90. The maximum atomic E-state index is 12.2. The fourth-order valence-electron chi connectivity index (χ4n) is 1.97. The van der Waals surface area contributed by atoms with Crippen molar-refractivity contribution in [3.63, 3.8) is 0 Å². The SMILES string of the molecule is Cc1ccc(N2CC(C)NCCS2(=O)=O)cc1Br. The zero-order valence-electron chi connectivity index (χ0n) is 10.5. The van der Waals surface area contributed by atoms with Crippen molar-refractivity contribution >= 4 is 31.6 Å². The molecule has 1 aliphatic heterocycles. The molecular weight excluding hydrogens is 316 g/mol. The van der Waals surface area contributed by atoms with Gasteiger partial charge in [0.05, 0.1) is 11.4 Å². The Morgan fingerprint density at radius 2 is 2.17 bits per heavy atom. The highest BCUT2D eigenvalue weighted by Crippen LogP contribution is 2.26. The topological polar surface area (TPSA) is 49.4 Å². The highest BCUT2D eigenvalue weighted by molar-refractivity contribution is 9.10. The van der Waals surface area contributed by atoms with Crippen molar-refractivity contribution in [1.29, 1.82) is 0 Å². The molecule has 6 heteroatoms. The van der Waals surface area contributed by atoms with Gasteiger partial charge in [-0.15, -0.1) is 0 Å². The monoisotopic (exact) mass is 332 g/mol. The summed E-state index contributed by atoms with van der Waals surface area (Å²) in [6.45, 7) is 4.96. The number of benzene rings is 1. The average Bonchev–Trinajstić information content (AvgIpc) is 2.41. The molecule has 1 fully saturated rings. The maximum absolute atomic E-state index is 12.2. The second-order valence-corrected chi connectivity index (χ2v) is 7.50. The van der Waals surface area contributed by atoms with E-state index in [1.807, 2.05) is 32.0 Å². The van der Waals surface area contributed by atoms with E-state index in [0.29, 0.717) is 13.1 Å². The van der Waals surface area contributed by atoms with E-state index in [1.54, 1.807) is 0 Å². The highest BCUT2D eigenvalue weighted by atomic mass is 79.9. The van der Waals surface area contributed by atoms with Crippen LogP contribution in [0.1, 0.15) is 12.5 Å². The molecule has 1 heterocycles. The smallest absolute Gasteiger partial charge is 0.236 e. The van der Waals surface area contributed by atoms with Crippen LogP contribution in [0.3, 0.4) is 0 Å². The lowest BCUT2D eigenvalue weighted by Gasteiger charge is -2.24. The molecule has 0 aliphatic carbocycles. The predicted octanol–water partition coefficient (Wildman–Crippen LogP) is 1.89. The standard InChI is InChI=1S/C12H17BrN2O2S/c1-9-3-4-11(7-12(9)13)15-8-10(2)14-5-6-18(15,16)17/h3-4,7,10,14H,5-6,8H2,1-2H3. The van der Waals surface area contributed by atoms with Gasteiger partial charge in [0.1, 0.15) is 0 Å². The van der Waals surface area contributed by atoms with Crippen LogP contribution in [0.4, 0.5) is 5.69 Å². The van der Waals surface area contributed by atoms with E-state index in [1.165, 1.54) is 4.31 Å². The molecule has 100 valence electrons. The molecule has 1 aromatic carbocycles. The molecule has 18 heavy (non-hydrogen) atoms. The van der Waals surface area contributed by atoms with Crippen LogP contribution in [0.25, 0.3) is 0 Å². The lowest BCUT2D eigenvalue weighted by Crippen LogP contribution is -2.37. The third-order valence-corrected chi connectivity index (χ3v) is 5.68. The van der Waals surface area contributed by atoms with E-state index in [0.717, 1.165) is 15.7 Å². The van der Waals surface area contributed by atoms with E-state index in [2.05, 4.69) is 21.2 Å². The average molecular weight is 333 g/mol. The van der Waals surface area contributed by atoms with Crippen molar-refractivity contribution in [2.45, 2.75) is 19.9 Å². The highest BCUT2D eigenvalue weighted by Gasteiger charge is 2.27. The minimum Gasteiger partial charge on any atom is -0.311 e. The number of aryl methyl sites for hydroxylation is 1. The van der Waals surface area contributed by atoms with Gasteiger partial charge in [-0.3, -0.25) is 4.31 Å². The third kappa shape index (κ3) is 2.87. The van der Waals surface area contributed by atoms with Gasteiger partial charge in [0.15, 0.2) is 0 Å². The molecule has 0 saturated carbocycles. The number of hydrogen-bond donors (Lipinski definition) is 1. The van der Waals surface area contributed by atoms with Gasteiger partial charge in [0, 0.05) is 23.6 Å². The van der Waals surface area contributed by atoms with E-state index < -0.39 is 10.0 Å². The molecule has 0 bridgehead atoms. The van der Waals surface area contributed by atoms with Gasteiger partial charge in [-0.05, 0) is 31.5 Å². The summed E-state index contributed by atoms with van der Waals surface area (Å²) in [6.07, 6.45) is 0. The molecule has 1 saturated heterocycles. The van der Waals surface area contributed by atoms with Gasteiger partial charge < -0.3 is 5.32 Å². The van der Waals surface area contributed by atoms with E-state index in [-0.39, 0.29) is 11.8 Å². The van der Waals surface area contributed by atoms with Crippen molar-refractivity contribution in [1.82, 2.24) is 5.32 Å². The molecule has 0 radical (unpaired) electrons. The molecule has 0 spiro atoms. The number of nitrogens with zero attached hydrogens (tertiary/aromatic N) is 1. The van der Waals surface area contributed by atoms with Gasteiger partial charge in [-0.1, -0.05) is 22.0 Å². The van der Waals surface area contributed by atoms with Crippen LogP contribution in [0.5, 0.6) is 0 Å². The Morgan fingerprint density at radius 3 is 2.83 bits per heavy atom. The maximum Gasteiger partial charge on any atom is 0.236 e. The number of sulfonamides is 1. The summed E-state index contributed by atoms with van der Waals surface area (Å²) in [5.41, 5.74) is 1.82. The Morgan fingerprint density at radius 1 is 1.44 bits per heavy atom. The molecule has 0 amide bonds. The second-order valence-electron chi connectivity index (χ2n) is 4.64. The summed E-state index contributed by atoms with van der Waals surface area (Å²) in [5.74, 6) is 0.142. The van der Waals surface area contributed by atoms with Crippen LogP contribution in [0.2, 0.25) is 0 Å². The van der Waals surface area contributed by atoms with E-state index >= 15 is 0 Å². The molecular formula is C12H17BrN2O2S. The van der Waals surface area contributed by atoms with Crippen LogP contribution in [-0.2, 0) is 10.0 Å². The largest absolute Gasteiger partial charge is 0.311 e. The van der Waals surface area contributed by atoms with E-state index in [4.69, 9.17) is 0 Å². The zero-order chi connectivity index (χ0) is 13.3. The van der Waals surface area contributed by atoms with Gasteiger partial charge in [0.2, 0.25) is 10.0 Å². The molecule has 1 aromatic rings. The van der Waals surface area contributed by atoms with Gasteiger partial charge in [-0.2, -0.15) is 0 Å². The molecule has 1 unspecified atom stereocenters. The van der Waals surface area contributed by atoms with Crippen molar-refractivity contribution in [2.24, 2.45) is 0 Å². The van der Waals surface area contributed by atoms with Crippen LogP contribution in [0.15, 0.2) is 22.7 Å². The Bertz CT molecular complexity index is 545. The molecule has 1 N–H and O–H groups in total. The van der Waals surface area contributed by atoms with Crippen molar-refractivity contribution in [3.8, 4) is 0 Å². The quantitative estimate of drug-likeness (QED) is 0.854. The Hall–Kier alpha value is -0.590. The summed E-state index contributed by atoms with van der Waals surface area (Å²) in [6, 6.07) is 5.81. The summed E-state index contributed by atoms with van der Waals surface area (Å²) in [5, 5.41) is 3.19. The van der Waals surface area contributed by atoms with Crippen LogP contribution >= 0.6 is 15.9 Å². The van der Waals surface area contributed by atoms with E-state index in [9.17, 15) is 8.42 Å². The minimum absolute atomic E-state index is 0.142. The Labute approximate surface area is 117 Å². The predicted molar refractivity (Wildman–Crippen MR) is 77.5 cm³/mol. The summed E-state index contributed by atoms with van der Waals surface area (Å²) in [4.78, 5) is 0. The summed E-state index contributed by atoms with van der Waals surface area (Å²) in [7, 11) is -3.23. The van der Waals surface area contributed by atoms with Gasteiger partial charge in [-0.25, -0.2) is 8.42 Å². The normalized spacial score (nSPS) is 23.7. The number of hydrogen-bond acceptors (Lipinski definition) is 3. The number of halogens is 1. The summed E-state index contributed by atoms with van der Waals surface area (Å²) < 4.78 is 26.9. The first-order valence-corrected chi connectivity index (χ1v) is 8.30. The van der Waals surface area contributed by atoms with Crippen molar-refractivity contribution in [2.75, 3.05) is 23.1 Å². The van der Waals surface area contributed by atoms with Crippen molar-refractivity contribution < 1.29 is 8.42 Å². The van der Waals surface area contributed by atoms with Gasteiger partial charge in [0.25, 0.3) is 0 Å². The second kappa shape index (κ2) is 5.19.